The largest absolute Gasteiger partial charge is 0.467 e. The molecule has 0 aromatic heterocycles. The normalized spacial score (nSPS) is 10.7. The number of amides is 1. The summed E-state index contributed by atoms with van der Waals surface area (Å²) in [5, 5.41) is 2.69. The van der Waals surface area contributed by atoms with Gasteiger partial charge in [0.15, 0.2) is 0 Å². The van der Waals surface area contributed by atoms with Gasteiger partial charge < -0.3 is 10.1 Å². The molecule has 0 aliphatic rings. The Morgan fingerprint density at radius 2 is 1.76 bits per heavy atom. The van der Waals surface area contributed by atoms with Gasteiger partial charge in [0.25, 0.3) is 0 Å². The molecule has 0 fully saturated rings. The highest BCUT2D eigenvalue weighted by Crippen LogP contribution is 2.06. The topological polar surface area (TPSA) is 55.4 Å². The van der Waals surface area contributed by atoms with Crippen LogP contribution in [0.25, 0.3) is 0 Å². The van der Waals surface area contributed by atoms with Gasteiger partial charge in [-0.05, 0) is 30.6 Å². The van der Waals surface area contributed by atoms with Crippen LogP contribution in [-0.4, -0.2) is 25.0 Å². The van der Waals surface area contributed by atoms with Crippen molar-refractivity contribution in [3.8, 4) is 23.7 Å². The Morgan fingerprint density at radius 3 is 2.29 bits per heavy atom. The van der Waals surface area contributed by atoms with Crippen molar-refractivity contribution in [2.45, 2.75) is 58.9 Å². The van der Waals surface area contributed by atoms with E-state index in [1.165, 1.54) is 7.11 Å². The van der Waals surface area contributed by atoms with Crippen molar-refractivity contribution in [3.63, 3.8) is 0 Å². The monoisotopic (exact) mass is 291 g/mol. The summed E-state index contributed by atoms with van der Waals surface area (Å²) in [5.74, 6) is 10.9. The Kier molecular flexibility index (Phi) is 10.8. The van der Waals surface area contributed by atoms with Crippen molar-refractivity contribution in [1.82, 2.24) is 5.32 Å². The fourth-order valence-corrected chi connectivity index (χ4v) is 1.61. The third-order valence-electron chi connectivity index (χ3n) is 2.62. The quantitative estimate of drug-likeness (QED) is 0.578. The van der Waals surface area contributed by atoms with E-state index in [4.69, 9.17) is 4.74 Å². The summed E-state index contributed by atoms with van der Waals surface area (Å²) < 4.78 is 4.69. The Bertz CT molecular complexity index is 446. The predicted octanol–water partition coefficient (Wildman–Crippen LogP) is 2.28. The SMILES string of the molecule is CCCC#CC#CCCC(=O)NC(CC(C)C)C(=O)OC. The van der Waals surface area contributed by atoms with E-state index >= 15 is 0 Å². The average Bonchev–Trinajstić information content (AvgIpc) is 2.44. The lowest BCUT2D eigenvalue weighted by atomic mass is 10.0. The highest BCUT2D eigenvalue weighted by Gasteiger charge is 2.21. The molecule has 0 bridgehead atoms. The Balaban J connectivity index is 4.21. The minimum atomic E-state index is -0.584. The molecule has 116 valence electrons. The van der Waals surface area contributed by atoms with E-state index in [-0.39, 0.29) is 12.3 Å². The fourth-order valence-electron chi connectivity index (χ4n) is 1.61. The zero-order valence-electron chi connectivity index (χ0n) is 13.4. The maximum absolute atomic E-state index is 11.8. The summed E-state index contributed by atoms with van der Waals surface area (Å²) >= 11 is 0. The molecule has 0 aliphatic heterocycles. The summed E-state index contributed by atoms with van der Waals surface area (Å²) in [7, 11) is 1.32. The molecule has 4 nitrogen and oxygen atoms in total. The number of carbonyl (C=O) groups excluding carboxylic acids is 2. The molecule has 21 heavy (non-hydrogen) atoms. The van der Waals surface area contributed by atoms with Gasteiger partial charge in [-0.25, -0.2) is 4.79 Å². The Hall–Kier alpha value is -1.94. The third-order valence-corrected chi connectivity index (χ3v) is 2.62. The number of hydrogen-bond donors (Lipinski definition) is 1. The van der Waals surface area contributed by atoms with Gasteiger partial charge in [-0.3, -0.25) is 4.79 Å². The highest BCUT2D eigenvalue weighted by molar-refractivity contribution is 5.84. The predicted molar refractivity (Wildman–Crippen MR) is 83.1 cm³/mol. The molecule has 0 saturated carbocycles. The van der Waals surface area contributed by atoms with Crippen molar-refractivity contribution in [1.29, 1.82) is 0 Å². The number of rotatable bonds is 7. The van der Waals surface area contributed by atoms with Crippen molar-refractivity contribution in [3.05, 3.63) is 0 Å². The molecule has 0 heterocycles. The van der Waals surface area contributed by atoms with Gasteiger partial charge >= 0.3 is 5.97 Å². The second kappa shape index (κ2) is 11.9. The first kappa shape index (κ1) is 19.1. The summed E-state index contributed by atoms with van der Waals surface area (Å²) in [6, 6.07) is -0.584. The number of methoxy groups -OCH3 is 1. The summed E-state index contributed by atoms with van der Waals surface area (Å²) in [6.07, 6.45) is 3.11. The zero-order valence-corrected chi connectivity index (χ0v) is 13.4. The Morgan fingerprint density at radius 1 is 1.14 bits per heavy atom. The number of hydrogen-bond acceptors (Lipinski definition) is 3. The van der Waals surface area contributed by atoms with E-state index in [9.17, 15) is 9.59 Å². The number of esters is 1. The van der Waals surface area contributed by atoms with Crippen molar-refractivity contribution in [2.75, 3.05) is 7.11 Å². The first-order valence-electron chi connectivity index (χ1n) is 7.34. The van der Waals surface area contributed by atoms with Crippen molar-refractivity contribution >= 4 is 11.9 Å². The van der Waals surface area contributed by atoms with Crippen LogP contribution in [-0.2, 0) is 14.3 Å². The number of ether oxygens (including phenoxy) is 1. The molecule has 1 amide bonds. The van der Waals surface area contributed by atoms with Gasteiger partial charge in [0.05, 0.1) is 7.11 Å². The fraction of sp³-hybridized carbons (Fsp3) is 0.647. The molecular weight excluding hydrogens is 266 g/mol. The summed E-state index contributed by atoms with van der Waals surface area (Å²) in [5.41, 5.74) is 0. The maximum atomic E-state index is 11.8. The molecule has 0 rings (SSSR count). The second-order valence-corrected chi connectivity index (χ2v) is 5.13. The number of unbranched alkanes of at least 4 members (excludes halogenated alkanes) is 1. The molecular formula is C17H25NO3. The van der Waals surface area contributed by atoms with E-state index in [0.29, 0.717) is 18.8 Å². The van der Waals surface area contributed by atoms with E-state index in [1.54, 1.807) is 0 Å². The van der Waals surface area contributed by atoms with Crippen LogP contribution in [0.3, 0.4) is 0 Å². The van der Waals surface area contributed by atoms with Crippen LogP contribution in [0.5, 0.6) is 0 Å². The van der Waals surface area contributed by atoms with Crippen LogP contribution in [0.2, 0.25) is 0 Å². The number of nitrogens with one attached hydrogen (secondary N) is 1. The van der Waals surface area contributed by atoms with Crippen LogP contribution < -0.4 is 5.32 Å². The smallest absolute Gasteiger partial charge is 0.328 e. The van der Waals surface area contributed by atoms with Crippen LogP contribution in [0.15, 0.2) is 0 Å². The molecule has 0 radical (unpaired) electrons. The lowest BCUT2D eigenvalue weighted by Crippen LogP contribution is -2.42. The Labute approximate surface area is 128 Å². The average molecular weight is 291 g/mol. The van der Waals surface area contributed by atoms with Gasteiger partial charge in [-0.15, -0.1) is 0 Å². The van der Waals surface area contributed by atoms with Gasteiger partial charge in [0.1, 0.15) is 6.04 Å². The molecule has 1 N–H and O–H groups in total. The second-order valence-electron chi connectivity index (χ2n) is 5.13. The summed E-state index contributed by atoms with van der Waals surface area (Å²) in [6.45, 7) is 6.03. The van der Waals surface area contributed by atoms with E-state index < -0.39 is 12.0 Å². The number of carbonyl (C=O) groups is 2. The van der Waals surface area contributed by atoms with E-state index in [2.05, 4.69) is 35.9 Å². The standard InChI is InChI=1S/C17H25NO3/c1-5-6-7-8-9-10-11-12-16(19)18-15(13-14(2)3)17(20)21-4/h14-15H,5-6,11-13H2,1-4H3,(H,18,19). The molecule has 0 aromatic rings. The van der Waals surface area contributed by atoms with Crippen LogP contribution in [0.1, 0.15) is 52.9 Å². The minimum Gasteiger partial charge on any atom is -0.467 e. The first-order chi connectivity index (χ1) is 10.0. The van der Waals surface area contributed by atoms with Gasteiger partial charge in [-0.1, -0.05) is 32.6 Å². The van der Waals surface area contributed by atoms with Crippen LogP contribution >= 0.6 is 0 Å². The van der Waals surface area contributed by atoms with E-state index in [0.717, 1.165) is 12.8 Å². The maximum Gasteiger partial charge on any atom is 0.328 e. The summed E-state index contributed by atoms with van der Waals surface area (Å²) in [4.78, 5) is 23.3. The first-order valence-corrected chi connectivity index (χ1v) is 7.34. The van der Waals surface area contributed by atoms with Crippen molar-refractivity contribution < 1.29 is 14.3 Å². The van der Waals surface area contributed by atoms with Crippen molar-refractivity contribution in [2.24, 2.45) is 5.92 Å². The molecule has 0 aromatic carbocycles. The van der Waals surface area contributed by atoms with Crippen LogP contribution in [0.4, 0.5) is 0 Å². The molecule has 0 saturated heterocycles. The van der Waals surface area contributed by atoms with Gasteiger partial charge in [0.2, 0.25) is 5.91 Å². The molecule has 0 aliphatic carbocycles. The van der Waals surface area contributed by atoms with E-state index in [1.807, 2.05) is 13.8 Å². The minimum absolute atomic E-state index is 0.193. The third kappa shape index (κ3) is 10.5. The van der Waals surface area contributed by atoms with Gasteiger partial charge in [0, 0.05) is 19.3 Å². The lowest BCUT2D eigenvalue weighted by molar-refractivity contribution is -0.145. The molecule has 0 spiro atoms. The van der Waals surface area contributed by atoms with Gasteiger partial charge in [-0.2, -0.15) is 0 Å². The zero-order chi connectivity index (χ0) is 16.1. The highest BCUT2D eigenvalue weighted by atomic mass is 16.5. The lowest BCUT2D eigenvalue weighted by Gasteiger charge is -2.17. The molecule has 1 atom stereocenters. The van der Waals surface area contributed by atoms with Crippen LogP contribution in [0, 0.1) is 29.6 Å². The molecule has 4 heteroatoms. The molecule has 1 unspecified atom stereocenters.